The number of methoxy groups -OCH3 is 2. The summed E-state index contributed by atoms with van der Waals surface area (Å²) in [6.07, 6.45) is 4.55. The second-order valence-corrected chi connectivity index (χ2v) is 10.7. The third-order valence-electron chi connectivity index (χ3n) is 7.39. The Balaban J connectivity index is 1.43. The first-order valence-electron chi connectivity index (χ1n) is 13.3. The summed E-state index contributed by atoms with van der Waals surface area (Å²) >= 11 is 1.78. The van der Waals surface area contributed by atoms with Gasteiger partial charge in [0.05, 0.1) is 25.5 Å². The Hall–Kier alpha value is -4.55. The highest BCUT2D eigenvalue weighted by atomic mass is 32.1. The summed E-state index contributed by atoms with van der Waals surface area (Å²) in [7, 11) is 7.51. The van der Waals surface area contributed by atoms with Gasteiger partial charge in [0.15, 0.2) is 0 Å². The molecule has 2 heterocycles. The van der Waals surface area contributed by atoms with E-state index in [0.717, 1.165) is 35.0 Å². The molecule has 5 aromatic rings. The summed E-state index contributed by atoms with van der Waals surface area (Å²) < 4.78 is 14.8. The number of aryl methyl sites for hydroxylation is 1. The summed E-state index contributed by atoms with van der Waals surface area (Å²) in [6, 6.07) is 31.7. The first kappa shape index (κ1) is 25.7. The number of nitrogens with one attached hydrogen (secondary N) is 1. The van der Waals surface area contributed by atoms with Gasteiger partial charge in [-0.2, -0.15) is 4.57 Å². The fourth-order valence-electron chi connectivity index (χ4n) is 5.37. The second-order valence-electron chi connectivity index (χ2n) is 9.69. The molecule has 0 unspecified atom stereocenters. The molecule has 0 atom stereocenters. The Morgan fingerprint density at radius 1 is 0.875 bits per heavy atom. The highest BCUT2D eigenvalue weighted by Gasteiger charge is 2.25. The molecule has 1 N–H and O–H groups in total. The fourth-order valence-corrected chi connectivity index (χ4v) is 6.51. The van der Waals surface area contributed by atoms with E-state index in [1.807, 2.05) is 25.2 Å². The Kier molecular flexibility index (Phi) is 7.01. The van der Waals surface area contributed by atoms with E-state index < -0.39 is 0 Å². The largest absolute Gasteiger partial charge is 0.496 e. The van der Waals surface area contributed by atoms with Crippen LogP contribution in [0.1, 0.15) is 16.1 Å². The molecule has 1 aromatic heterocycles. The highest BCUT2D eigenvalue weighted by molar-refractivity contribution is 7.19. The number of hydrogen-bond donors (Lipinski definition) is 1. The third-order valence-corrected chi connectivity index (χ3v) is 8.54. The van der Waals surface area contributed by atoms with Crippen molar-refractivity contribution in [1.82, 2.24) is 5.32 Å². The van der Waals surface area contributed by atoms with Gasteiger partial charge in [-0.25, -0.2) is 0 Å². The van der Waals surface area contributed by atoms with E-state index in [9.17, 15) is 0 Å². The van der Waals surface area contributed by atoms with Gasteiger partial charge in [0.1, 0.15) is 29.1 Å². The van der Waals surface area contributed by atoms with E-state index in [1.165, 1.54) is 37.6 Å². The lowest BCUT2D eigenvalue weighted by Gasteiger charge is -2.33. The number of hydrogen-bond acceptors (Lipinski definition) is 5. The monoisotopic (exact) mass is 546 g/mol. The van der Waals surface area contributed by atoms with Crippen LogP contribution in [-0.2, 0) is 13.6 Å². The van der Waals surface area contributed by atoms with Crippen LogP contribution in [0.2, 0.25) is 0 Å². The molecule has 1 aliphatic heterocycles. The molecular weight excluding hydrogens is 514 g/mol. The Morgan fingerprint density at radius 2 is 1.60 bits per heavy atom. The lowest BCUT2D eigenvalue weighted by molar-refractivity contribution is -0.642. The van der Waals surface area contributed by atoms with E-state index in [-0.39, 0.29) is 0 Å². The van der Waals surface area contributed by atoms with Crippen LogP contribution in [0.4, 0.5) is 5.69 Å². The van der Waals surface area contributed by atoms with Crippen LogP contribution in [0.3, 0.4) is 0 Å². The zero-order valence-corrected chi connectivity index (χ0v) is 24.0. The average Bonchev–Trinajstić information content (AvgIpc) is 3.32. The van der Waals surface area contributed by atoms with Gasteiger partial charge in [-0.15, -0.1) is 0 Å². The van der Waals surface area contributed by atoms with E-state index >= 15 is 0 Å². The number of anilines is 1. The molecule has 0 radical (unpaired) electrons. The lowest BCUT2D eigenvalue weighted by Crippen LogP contribution is -2.32. The molecule has 5 nitrogen and oxygen atoms in total. The van der Waals surface area contributed by atoms with Crippen molar-refractivity contribution in [2.24, 2.45) is 7.05 Å². The Morgan fingerprint density at radius 3 is 2.33 bits per heavy atom. The summed E-state index contributed by atoms with van der Waals surface area (Å²) in [4.78, 5) is 2.35. The van der Waals surface area contributed by atoms with Crippen LogP contribution in [0.15, 0.2) is 103 Å². The number of benzene rings is 4. The molecule has 6 heteroatoms. The predicted molar refractivity (Wildman–Crippen MR) is 166 cm³/mol. The predicted octanol–water partition coefficient (Wildman–Crippen LogP) is 7.03. The molecule has 0 saturated carbocycles. The minimum atomic E-state index is 0.795. The fraction of sp³-hybridized carbons (Fsp3) is 0.147. The number of para-hydroxylation sites is 1. The van der Waals surface area contributed by atoms with Gasteiger partial charge in [-0.05, 0) is 53.1 Å². The molecule has 0 aliphatic carbocycles. The molecular formula is C34H32N3O2S+. The number of ether oxygens (including phenoxy) is 2. The lowest BCUT2D eigenvalue weighted by atomic mass is 9.98. The molecule has 0 amide bonds. The smallest absolute Gasteiger partial charge is 0.263 e. The van der Waals surface area contributed by atoms with E-state index in [1.54, 1.807) is 25.6 Å². The number of fused-ring (bicyclic) bond motifs is 2. The standard InChI is InChI=1S/C34H31N3O2S/c1-35-32-20-25(26-13-8-9-14-27(26)37(32)22-23-11-6-5-7-12-23)21-33-36(2)28-18-17-24(19-31(28)40-33)34-29(38-3)15-10-16-30(34)39-4/h5-21H,22H2,1-4H3/p+1. The average molecular weight is 547 g/mol. The van der Waals surface area contributed by atoms with Crippen molar-refractivity contribution >= 4 is 38.9 Å². The summed E-state index contributed by atoms with van der Waals surface area (Å²) in [5.74, 6) is 2.67. The van der Waals surface area contributed by atoms with Gasteiger partial charge in [0.2, 0.25) is 5.52 Å². The minimum absolute atomic E-state index is 0.795. The number of aromatic nitrogens is 1. The molecule has 200 valence electrons. The van der Waals surface area contributed by atoms with Crippen molar-refractivity contribution in [2.45, 2.75) is 6.54 Å². The number of thiazole rings is 1. The zero-order valence-electron chi connectivity index (χ0n) is 23.1. The second kappa shape index (κ2) is 10.9. The van der Waals surface area contributed by atoms with Gasteiger partial charge >= 0.3 is 0 Å². The molecule has 0 spiro atoms. The Bertz CT molecular complexity index is 1730. The highest BCUT2D eigenvalue weighted by Crippen LogP contribution is 2.41. The maximum absolute atomic E-state index is 5.68. The van der Waals surface area contributed by atoms with Crippen molar-refractivity contribution in [1.29, 1.82) is 0 Å². The van der Waals surface area contributed by atoms with Crippen LogP contribution >= 0.6 is 11.3 Å². The van der Waals surface area contributed by atoms with Gasteiger partial charge in [0, 0.05) is 31.3 Å². The van der Waals surface area contributed by atoms with E-state index in [0.29, 0.717) is 0 Å². The van der Waals surface area contributed by atoms with E-state index in [2.05, 4.69) is 107 Å². The molecule has 0 fully saturated rings. The van der Waals surface area contributed by atoms with Gasteiger partial charge < -0.3 is 19.7 Å². The van der Waals surface area contributed by atoms with Crippen molar-refractivity contribution in [3.63, 3.8) is 0 Å². The van der Waals surface area contributed by atoms with Crippen molar-refractivity contribution in [2.75, 3.05) is 26.2 Å². The normalized spacial score (nSPS) is 13.8. The number of allylic oxidation sites excluding steroid dienone is 2. The van der Waals surface area contributed by atoms with Crippen LogP contribution < -0.4 is 24.3 Å². The molecule has 0 saturated heterocycles. The SMILES string of the molecule is CNC1=CC(=Cc2sc3cc(-c4c(OC)cccc4OC)ccc3[n+]2C)c2ccccc2N1Cc1ccccc1. The van der Waals surface area contributed by atoms with Crippen LogP contribution in [0.25, 0.3) is 33.0 Å². The van der Waals surface area contributed by atoms with Crippen molar-refractivity contribution < 1.29 is 14.0 Å². The van der Waals surface area contributed by atoms with Crippen LogP contribution in [0, 0.1) is 0 Å². The third kappa shape index (κ3) is 4.61. The molecule has 40 heavy (non-hydrogen) atoms. The molecule has 1 aliphatic rings. The molecule has 6 rings (SSSR count). The molecule has 0 bridgehead atoms. The zero-order chi connectivity index (χ0) is 27.6. The van der Waals surface area contributed by atoms with Gasteiger partial charge in [-0.1, -0.05) is 65.9 Å². The first-order valence-corrected chi connectivity index (χ1v) is 14.1. The number of nitrogens with zero attached hydrogens (tertiary/aromatic N) is 2. The maximum atomic E-state index is 5.68. The van der Waals surface area contributed by atoms with Gasteiger partial charge in [0.25, 0.3) is 5.01 Å². The van der Waals surface area contributed by atoms with Crippen LogP contribution in [0.5, 0.6) is 11.5 Å². The quantitative estimate of drug-likeness (QED) is 0.222. The Labute approximate surface area is 239 Å². The summed E-state index contributed by atoms with van der Waals surface area (Å²) in [5, 5.41) is 4.61. The maximum Gasteiger partial charge on any atom is 0.263 e. The van der Waals surface area contributed by atoms with Crippen molar-refractivity contribution in [3.05, 3.63) is 119 Å². The van der Waals surface area contributed by atoms with E-state index in [4.69, 9.17) is 9.47 Å². The minimum Gasteiger partial charge on any atom is -0.496 e. The molecule has 4 aromatic carbocycles. The summed E-state index contributed by atoms with van der Waals surface area (Å²) in [5.41, 5.74) is 8.07. The topological polar surface area (TPSA) is 37.6 Å². The summed E-state index contributed by atoms with van der Waals surface area (Å²) in [6.45, 7) is 0.795. The van der Waals surface area contributed by atoms with Crippen molar-refractivity contribution in [3.8, 4) is 22.6 Å². The van der Waals surface area contributed by atoms with Crippen LogP contribution in [-0.4, -0.2) is 21.3 Å². The number of rotatable bonds is 7. The van der Waals surface area contributed by atoms with Gasteiger partial charge in [-0.3, -0.25) is 0 Å². The first-order chi connectivity index (χ1) is 19.6.